The van der Waals surface area contributed by atoms with E-state index in [0.717, 1.165) is 17.8 Å². The molecule has 1 saturated heterocycles. The lowest BCUT2D eigenvalue weighted by molar-refractivity contribution is 0.0603. The fraction of sp³-hybridized carbons (Fsp3) is 0.938. The highest BCUT2D eigenvalue weighted by atomic mass is 15.0. The minimum absolute atomic E-state index is 0.740. The van der Waals surface area contributed by atoms with Crippen LogP contribution in [-0.4, -0.2) is 13.1 Å². The van der Waals surface area contributed by atoms with Crippen LogP contribution in [0.25, 0.3) is 0 Å². The summed E-state index contributed by atoms with van der Waals surface area (Å²) in [5.41, 5.74) is 0.833. The molecule has 2 saturated carbocycles. The van der Waals surface area contributed by atoms with Gasteiger partial charge in [0.2, 0.25) is 0 Å². The highest BCUT2D eigenvalue weighted by molar-refractivity contribution is 4.97. The quantitative estimate of drug-likeness (QED) is 0.754. The maximum atomic E-state index is 8.37. The number of rotatable bonds is 1. The molecule has 0 radical (unpaired) electrons. The Morgan fingerprint density at radius 1 is 1.06 bits per heavy atom. The second-order valence-electron chi connectivity index (χ2n) is 5.82. The maximum Gasteiger partial charge on any atom is 0.0624 e. The minimum atomic E-state index is 0.740. The molecule has 1 aliphatic heterocycles. The summed E-state index contributed by atoms with van der Waals surface area (Å²) >= 11 is 0. The summed E-state index contributed by atoms with van der Waals surface area (Å²) < 4.78 is 0. The third kappa shape index (κ3) is 4.61. The lowest BCUT2D eigenvalue weighted by Gasteiger charge is -2.49. The fourth-order valence-electron chi connectivity index (χ4n) is 3.03. The Labute approximate surface area is 113 Å². The molecule has 0 aromatic heterocycles. The van der Waals surface area contributed by atoms with Crippen molar-refractivity contribution in [2.75, 3.05) is 13.1 Å². The molecule has 104 valence electrons. The molecule has 2 aliphatic carbocycles. The molecule has 18 heavy (non-hydrogen) atoms. The molecule has 3 fully saturated rings. The molecule has 1 N–H and O–H groups in total. The first-order valence-electron chi connectivity index (χ1n) is 7.92. The standard InChI is InChI=1S/C8H13N.C6H11N.C2H6/c9-7-6-8-4-2-1-3-5-8;1-2-6(3-1)4-7-5-6;1-2/h8H,1-6H2;7H,1-5H2;1-2H3. The highest BCUT2D eigenvalue weighted by Crippen LogP contribution is 2.43. The van der Waals surface area contributed by atoms with Crippen molar-refractivity contribution in [3.8, 4) is 6.07 Å². The van der Waals surface area contributed by atoms with Gasteiger partial charge in [0.15, 0.2) is 0 Å². The summed E-state index contributed by atoms with van der Waals surface area (Å²) in [5.74, 6) is 0.740. The number of nitrogens with zero attached hydrogens (tertiary/aromatic N) is 1. The van der Waals surface area contributed by atoms with E-state index in [9.17, 15) is 0 Å². The molecule has 2 heteroatoms. The predicted octanol–water partition coefficient (Wildman–Crippen LogP) is 4.27. The molecule has 0 aromatic carbocycles. The molecule has 3 rings (SSSR count). The largest absolute Gasteiger partial charge is 0.316 e. The molecule has 3 aliphatic rings. The van der Waals surface area contributed by atoms with Gasteiger partial charge in [-0.25, -0.2) is 0 Å². The van der Waals surface area contributed by atoms with Crippen molar-refractivity contribution < 1.29 is 0 Å². The van der Waals surface area contributed by atoms with E-state index in [1.807, 2.05) is 13.8 Å². The third-order valence-corrected chi connectivity index (χ3v) is 4.52. The molecular formula is C16H30N2. The SMILES string of the molecule is C1CC2(C1)CNC2.CC.N#CCC1CCCCC1. The summed E-state index contributed by atoms with van der Waals surface area (Å²) in [6, 6.07) is 2.24. The minimum Gasteiger partial charge on any atom is -0.316 e. The lowest BCUT2D eigenvalue weighted by Crippen LogP contribution is -2.57. The summed E-state index contributed by atoms with van der Waals surface area (Å²) in [5, 5.41) is 11.7. The van der Waals surface area contributed by atoms with Crippen molar-refractivity contribution in [2.45, 2.75) is 71.6 Å². The first-order valence-corrected chi connectivity index (χ1v) is 7.92. The van der Waals surface area contributed by atoms with Gasteiger partial charge in [-0.2, -0.15) is 5.26 Å². The molecule has 0 atom stereocenters. The van der Waals surface area contributed by atoms with Crippen LogP contribution < -0.4 is 5.32 Å². The van der Waals surface area contributed by atoms with E-state index in [1.54, 1.807) is 0 Å². The first-order chi connectivity index (χ1) is 8.85. The average Bonchev–Trinajstić information content (AvgIpc) is 2.30. The van der Waals surface area contributed by atoms with E-state index in [0.29, 0.717) is 0 Å². The summed E-state index contributed by atoms with van der Waals surface area (Å²) in [7, 11) is 0. The van der Waals surface area contributed by atoms with Gasteiger partial charge in [0.25, 0.3) is 0 Å². The fourth-order valence-corrected chi connectivity index (χ4v) is 3.03. The zero-order valence-electron chi connectivity index (χ0n) is 12.3. The Bertz CT molecular complexity index is 225. The number of hydrogen-bond acceptors (Lipinski definition) is 2. The average molecular weight is 250 g/mol. The Hall–Kier alpha value is -0.550. The first kappa shape index (κ1) is 15.5. The van der Waals surface area contributed by atoms with Gasteiger partial charge in [-0.1, -0.05) is 39.5 Å². The molecule has 1 heterocycles. The molecule has 0 unspecified atom stereocenters. The molecule has 2 nitrogen and oxygen atoms in total. The van der Waals surface area contributed by atoms with Gasteiger partial charge in [-0.3, -0.25) is 0 Å². The topological polar surface area (TPSA) is 35.8 Å². The smallest absolute Gasteiger partial charge is 0.0624 e. The van der Waals surface area contributed by atoms with Gasteiger partial charge in [0.05, 0.1) is 6.07 Å². The van der Waals surface area contributed by atoms with E-state index in [4.69, 9.17) is 5.26 Å². The van der Waals surface area contributed by atoms with E-state index < -0.39 is 0 Å². The second kappa shape index (κ2) is 8.53. The van der Waals surface area contributed by atoms with Crippen LogP contribution in [0.5, 0.6) is 0 Å². The lowest BCUT2D eigenvalue weighted by atomic mass is 9.65. The Morgan fingerprint density at radius 3 is 1.94 bits per heavy atom. The predicted molar refractivity (Wildman–Crippen MR) is 77.3 cm³/mol. The van der Waals surface area contributed by atoms with Crippen LogP contribution in [0, 0.1) is 22.7 Å². The second-order valence-corrected chi connectivity index (χ2v) is 5.82. The van der Waals surface area contributed by atoms with Crippen LogP contribution in [0.15, 0.2) is 0 Å². The maximum absolute atomic E-state index is 8.37. The van der Waals surface area contributed by atoms with Crippen LogP contribution in [-0.2, 0) is 0 Å². The van der Waals surface area contributed by atoms with E-state index in [-0.39, 0.29) is 0 Å². The van der Waals surface area contributed by atoms with E-state index >= 15 is 0 Å². The van der Waals surface area contributed by atoms with Crippen LogP contribution in [0.2, 0.25) is 0 Å². The van der Waals surface area contributed by atoms with Crippen molar-refractivity contribution >= 4 is 0 Å². The van der Waals surface area contributed by atoms with Crippen LogP contribution in [0.1, 0.15) is 71.6 Å². The van der Waals surface area contributed by atoms with Crippen LogP contribution >= 0.6 is 0 Å². The summed E-state index contributed by atoms with van der Waals surface area (Å²) in [4.78, 5) is 0. The molecule has 1 spiro atoms. The Kier molecular flexibility index (Phi) is 7.35. The van der Waals surface area contributed by atoms with Crippen molar-refractivity contribution in [2.24, 2.45) is 11.3 Å². The number of nitrogens with one attached hydrogen (secondary N) is 1. The van der Waals surface area contributed by atoms with Crippen molar-refractivity contribution in [1.29, 1.82) is 5.26 Å². The van der Waals surface area contributed by atoms with Gasteiger partial charge < -0.3 is 5.32 Å². The molecule has 0 aromatic rings. The van der Waals surface area contributed by atoms with Crippen LogP contribution in [0.4, 0.5) is 0 Å². The van der Waals surface area contributed by atoms with Crippen molar-refractivity contribution in [1.82, 2.24) is 5.32 Å². The monoisotopic (exact) mass is 250 g/mol. The van der Waals surface area contributed by atoms with Gasteiger partial charge >= 0.3 is 0 Å². The summed E-state index contributed by atoms with van der Waals surface area (Å²) in [6.07, 6.45) is 12.0. The molecule has 0 amide bonds. The van der Waals surface area contributed by atoms with Crippen LogP contribution in [0.3, 0.4) is 0 Å². The van der Waals surface area contributed by atoms with Gasteiger partial charge in [-0.05, 0) is 37.0 Å². The zero-order chi connectivity index (χ0) is 13.3. The number of nitriles is 1. The zero-order valence-corrected chi connectivity index (χ0v) is 12.3. The Balaban J connectivity index is 0.000000161. The van der Waals surface area contributed by atoms with Crippen molar-refractivity contribution in [3.05, 3.63) is 0 Å². The number of hydrogen-bond donors (Lipinski definition) is 1. The third-order valence-electron chi connectivity index (χ3n) is 4.52. The highest BCUT2D eigenvalue weighted by Gasteiger charge is 2.41. The normalized spacial score (nSPS) is 24.3. The van der Waals surface area contributed by atoms with Gasteiger partial charge in [-0.15, -0.1) is 0 Å². The van der Waals surface area contributed by atoms with E-state index in [2.05, 4.69) is 11.4 Å². The summed E-state index contributed by atoms with van der Waals surface area (Å²) in [6.45, 7) is 6.62. The molecular weight excluding hydrogens is 220 g/mol. The van der Waals surface area contributed by atoms with E-state index in [1.165, 1.54) is 64.5 Å². The van der Waals surface area contributed by atoms with Crippen molar-refractivity contribution in [3.63, 3.8) is 0 Å². The Morgan fingerprint density at radius 2 is 1.67 bits per heavy atom. The van der Waals surface area contributed by atoms with Gasteiger partial charge in [0.1, 0.15) is 0 Å². The van der Waals surface area contributed by atoms with Gasteiger partial charge in [0, 0.05) is 19.5 Å². The molecule has 0 bridgehead atoms.